The summed E-state index contributed by atoms with van der Waals surface area (Å²) in [4.78, 5) is 26.6. The van der Waals surface area contributed by atoms with Crippen LogP contribution in [0.25, 0.3) is 0 Å². The summed E-state index contributed by atoms with van der Waals surface area (Å²) < 4.78 is 0. The third kappa shape index (κ3) is 5.91. The minimum Gasteiger partial charge on any atom is -0.355 e. The molecule has 3 rings (SSSR count). The van der Waals surface area contributed by atoms with Crippen molar-refractivity contribution in [2.75, 3.05) is 13.6 Å². The van der Waals surface area contributed by atoms with Crippen molar-refractivity contribution >= 4 is 11.8 Å². The third-order valence-electron chi connectivity index (χ3n) is 5.50. The fourth-order valence-electron chi connectivity index (χ4n) is 3.49. The number of aryl methyl sites for hydroxylation is 1. The maximum Gasteiger partial charge on any atom is 0.251 e. The van der Waals surface area contributed by atoms with Crippen LogP contribution in [-0.4, -0.2) is 36.3 Å². The van der Waals surface area contributed by atoms with Gasteiger partial charge in [0.15, 0.2) is 0 Å². The summed E-state index contributed by atoms with van der Waals surface area (Å²) in [5.74, 6) is -0.0399. The van der Waals surface area contributed by atoms with Crippen LogP contribution in [0.3, 0.4) is 0 Å². The molecule has 0 heterocycles. The van der Waals surface area contributed by atoms with Gasteiger partial charge in [-0.05, 0) is 55.0 Å². The first-order chi connectivity index (χ1) is 14.0. The zero-order chi connectivity index (χ0) is 20.8. The van der Waals surface area contributed by atoms with Gasteiger partial charge < -0.3 is 10.6 Å². The lowest BCUT2D eigenvalue weighted by atomic mass is 10.0. The Morgan fingerprint density at radius 3 is 2.21 bits per heavy atom. The number of amides is 2. The van der Waals surface area contributed by atoms with E-state index in [9.17, 15) is 9.59 Å². The number of carbonyl (C=O) groups excluding carboxylic acids is 2. The fourth-order valence-corrected chi connectivity index (χ4v) is 3.49. The van der Waals surface area contributed by atoms with E-state index in [2.05, 4.69) is 46.7 Å². The van der Waals surface area contributed by atoms with Gasteiger partial charge in [-0.15, -0.1) is 0 Å². The van der Waals surface area contributed by atoms with Gasteiger partial charge in [0.2, 0.25) is 5.91 Å². The first-order valence-corrected chi connectivity index (χ1v) is 10.4. The number of hydrogen-bond acceptors (Lipinski definition) is 3. The topological polar surface area (TPSA) is 61.4 Å². The van der Waals surface area contributed by atoms with Gasteiger partial charge in [0, 0.05) is 25.2 Å². The molecule has 1 aliphatic rings. The van der Waals surface area contributed by atoms with Crippen LogP contribution >= 0.6 is 0 Å². The van der Waals surface area contributed by atoms with Crippen LogP contribution in [0.5, 0.6) is 0 Å². The highest BCUT2D eigenvalue weighted by Gasteiger charge is 2.30. The number of nitrogens with zero attached hydrogens (tertiary/aromatic N) is 1. The van der Waals surface area contributed by atoms with Crippen LogP contribution in [0, 0.1) is 0 Å². The Balaban J connectivity index is 1.57. The zero-order valence-corrected chi connectivity index (χ0v) is 17.6. The van der Waals surface area contributed by atoms with Gasteiger partial charge in [-0.1, -0.05) is 43.3 Å². The molecule has 0 radical (unpaired) electrons. The monoisotopic (exact) mass is 393 g/mol. The lowest BCUT2D eigenvalue weighted by Crippen LogP contribution is -2.39. The molecule has 0 aliphatic heterocycles. The van der Waals surface area contributed by atoms with Gasteiger partial charge >= 0.3 is 0 Å². The summed E-state index contributed by atoms with van der Waals surface area (Å²) >= 11 is 0. The SMILES string of the molecule is CCc1ccc(C(C)NC(=O)CN(Cc2ccc(C(=O)NC)cc2)C2CC2)cc1. The van der Waals surface area contributed by atoms with Crippen molar-refractivity contribution in [3.05, 3.63) is 70.8 Å². The maximum absolute atomic E-state index is 12.7. The first kappa shape index (κ1) is 21.1. The van der Waals surface area contributed by atoms with Crippen molar-refractivity contribution in [1.82, 2.24) is 15.5 Å². The van der Waals surface area contributed by atoms with E-state index in [0.29, 0.717) is 24.7 Å². The van der Waals surface area contributed by atoms with E-state index < -0.39 is 0 Å². The van der Waals surface area contributed by atoms with Crippen LogP contribution in [0.1, 0.15) is 59.8 Å². The van der Waals surface area contributed by atoms with E-state index in [1.807, 2.05) is 31.2 Å². The van der Waals surface area contributed by atoms with Crippen molar-refractivity contribution in [1.29, 1.82) is 0 Å². The van der Waals surface area contributed by atoms with Crippen LogP contribution in [0.4, 0.5) is 0 Å². The summed E-state index contributed by atoms with van der Waals surface area (Å²) in [6.45, 7) is 5.27. The molecule has 1 atom stereocenters. The molecule has 5 heteroatoms. The molecule has 2 aromatic rings. The highest BCUT2D eigenvalue weighted by molar-refractivity contribution is 5.93. The first-order valence-electron chi connectivity index (χ1n) is 10.4. The molecule has 154 valence electrons. The standard InChI is InChI=1S/C24H31N3O2/c1-4-18-5-9-20(10-6-18)17(2)26-23(28)16-27(22-13-14-22)15-19-7-11-21(12-8-19)24(29)25-3/h5-12,17,22H,4,13-16H2,1-3H3,(H,25,29)(H,26,28). The van der Waals surface area contributed by atoms with Crippen molar-refractivity contribution in [2.24, 2.45) is 0 Å². The molecule has 2 amide bonds. The number of hydrogen-bond donors (Lipinski definition) is 2. The average molecular weight is 394 g/mol. The molecule has 2 N–H and O–H groups in total. The number of rotatable bonds is 9. The summed E-state index contributed by atoms with van der Waals surface area (Å²) in [7, 11) is 1.63. The third-order valence-corrected chi connectivity index (χ3v) is 5.50. The van der Waals surface area contributed by atoms with Crippen LogP contribution in [0.2, 0.25) is 0 Å². The predicted octanol–water partition coefficient (Wildman–Crippen LogP) is 3.45. The lowest BCUT2D eigenvalue weighted by Gasteiger charge is -2.23. The van der Waals surface area contributed by atoms with Gasteiger partial charge in [0.25, 0.3) is 5.91 Å². The Bertz CT molecular complexity index is 826. The lowest BCUT2D eigenvalue weighted by molar-refractivity contribution is -0.123. The Morgan fingerprint density at radius 2 is 1.66 bits per heavy atom. The van der Waals surface area contributed by atoms with Crippen molar-refractivity contribution in [2.45, 2.75) is 51.7 Å². The number of carbonyl (C=O) groups is 2. The van der Waals surface area contributed by atoms with E-state index in [1.165, 1.54) is 5.56 Å². The Hall–Kier alpha value is -2.66. The van der Waals surface area contributed by atoms with Crippen molar-refractivity contribution in [3.63, 3.8) is 0 Å². The molecule has 1 unspecified atom stereocenters. The predicted molar refractivity (Wildman–Crippen MR) is 116 cm³/mol. The average Bonchev–Trinajstić information content (AvgIpc) is 3.58. The van der Waals surface area contributed by atoms with E-state index in [0.717, 1.165) is 30.4 Å². The molecule has 1 saturated carbocycles. The molecule has 0 aromatic heterocycles. The second-order valence-electron chi connectivity index (χ2n) is 7.80. The second-order valence-corrected chi connectivity index (χ2v) is 7.80. The maximum atomic E-state index is 12.7. The molecular weight excluding hydrogens is 362 g/mol. The van der Waals surface area contributed by atoms with Crippen molar-refractivity contribution < 1.29 is 9.59 Å². The van der Waals surface area contributed by atoms with Gasteiger partial charge in [0.05, 0.1) is 12.6 Å². The molecule has 29 heavy (non-hydrogen) atoms. The normalized spacial score (nSPS) is 14.5. The summed E-state index contributed by atoms with van der Waals surface area (Å²) in [5.41, 5.74) is 4.18. The molecule has 5 nitrogen and oxygen atoms in total. The van der Waals surface area contributed by atoms with E-state index in [4.69, 9.17) is 0 Å². The van der Waals surface area contributed by atoms with Gasteiger partial charge in [0.1, 0.15) is 0 Å². The van der Waals surface area contributed by atoms with Gasteiger partial charge in [-0.25, -0.2) is 0 Å². The summed E-state index contributed by atoms with van der Waals surface area (Å²) in [6, 6.07) is 16.5. The smallest absolute Gasteiger partial charge is 0.251 e. The summed E-state index contributed by atoms with van der Waals surface area (Å²) in [6.07, 6.45) is 3.29. The minimum absolute atomic E-state index is 0.0127. The largest absolute Gasteiger partial charge is 0.355 e. The molecule has 0 bridgehead atoms. The Morgan fingerprint density at radius 1 is 1.03 bits per heavy atom. The van der Waals surface area contributed by atoms with E-state index >= 15 is 0 Å². The molecule has 1 aliphatic carbocycles. The van der Waals surface area contributed by atoms with Crippen LogP contribution in [0.15, 0.2) is 48.5 Å². The van der Waals surface area contributed by atoms with Crippen LogP contribution in [-0.2, 0) is 17.8 Å². The number of nitrogens with one attached hydrogen (secondary N) is 2. The van der Waals surface area contributed by atoms with Crippen LogP contribution < -0.4 is 10.6 Å². The van der Waals surface area contributed by atoms with Gasteiger partial charge in [-0.2, -0.15) is 0 Å². The number of benzene rings is 2. The van der Waals surface area contributed by atoms with Gasteiger partial charge in [-0.3, -0.25) is 14.5 Å². The Labute approximate surface area is 173 Å². The molecule has 2 aromatic carbocycles. The van der Waals surface area contributed by atoms with E-state index in [-0.39, 0.29) is 17.9 Å². The minimum atomic E-state index is -0.0871. The highest BCUT2D eigenvalue weighted by Crippen LogP contribution is 2.28. The Kier molecular flexibility index (Phi) is 7.04. The molecule has 0 saturated heterocycles. The quantitative estimate of drug-likeness (QED) is 0.686. The molecule has 0 spiro atoms. The fraction of sp³-hybridized carbons (Fsp3) is 0.417. The summed E-state index contributed by atoms with van der Waals surface area (Å²) in [5, 5.41) is 5.76. The molecule has 1 fully saturated rings. The van der Waals surface area contributed by atoms with Crippen molar-refractivity contribution in [3.8, 4) is 0 Å². The second kappa shape index (κ2) is 9.70. The zero-order valence-electron chi connectivity index (χ0n) is 17.6. The highest BCUT2D eigenvalue weighted by atomic mass is 16.2. The van der Waals surface area contributed by atoms with E-state index in [1.54, 1.807) is 7.05 Å². The molecular formula is C24H31N3O2.